The molecular formula is C25H31N3O4. The zero-order valence-electron chi connectivity index (χ0n) is 19.2. The third-order valence-corrected chi connectivity index (χ3v) is 5.78. The number of ether oxygens (including phenoxy) is 2. The Balaban J connectivity index is 1.50. The summed E-state index contributed by atoms with van der Waals surface area (Å²) < 4.78 is 10.6. The van der Waals surface area contributed by atoms with Crippen molar-refractivity contribution in [1.29, 1.82) is 0 Å². The van der Waals surface area contributed by atoms with Crippen LogP contribution in [0.2, 0.25) is 0 Å². The van der Waals surface area contributed by atoms with Crippen molar-refractivity contribution in [2.24, 2.45) is 0 Å². The molecule has 2 aromatic rings. The Hall–Kier alpha value is -3.32. The van der Waals surface area contributed by atoms with Gasteiger partial charge in [0.2, 0.25) is 11.8 Å². The zero-order valence-corrected chi connectivity index (χ0v) is 19.2. The van der Waals surface area contributed by atoms with Gasteiger partial charge in [0.25, 0.3) is 0 Å². The minimum atomic E-state index is -0.0534. The van der Waals surface area contributed by atoms with Crippen molar-refractivity contribution >= 4 is 23.6 Å². The first-order valence-electron chi connectivity index (χ1n) is 10.7. The minimum absolute atomic E-state index is 0.0371. The summed E-state index contributed by atoms with van der Waals surface area (Å²) in [6, 6.07) is 11.4. The van der Waals surface area contributed by atoms with Crippen LogP contribution in [0, 0.1) is 13.8 Å². The van der Waals surface area contributed by atoms with E-state index in [1.807, 2.05) is 44.2 Å². The topological polar surface area (TPSA) is 71.1 Å². The highest BCUT2D eigenvalue weighted by Crippen LogP contribution is 2.25. The van der Waals surface area contributed by atoms with E-state index >= 15 is 0 Å². The number of carbonyl (C=O) groups excluding carboxylic acids is 2. The van der Waals surface area contributed by atoms with Crippen LogP contribution in [0.25, 0.3) is 6.08 Å². The molecule has 1 fully saturated rings. The minimum Gasteiger partial charge on any atom is -0.497 e. The van der Waals surface area contributed by atoms with Crippen molar-refractivity contribution in [1.82, 2.24) is 9.80 Å². The molecule has 32 heavy (non-hydrogen) atoms. The van der Waals surface area contributed by atoms with Gasteiger partial charge in [-0.2, -0.15) is 0 Å². The van der Waals surface area contributed by atoms with Gasteiger partial charge in [-0.15, -0.1) is 0 Å². The SMILES string of the molecule is COc1ccc(C=CC(=O)N2CCN(CC(=O)Nc3cccc(C)c3C)CC2)c(OC)c1. The van der Waals surface area contributed by atoms with E-state index < -0.39 is 0 Å². The number of piperazine rings is 1. The molecule has 170 valence electrons. The lowest BCUT2D eigenvalue weighted by atomic mass is 10.1. The number of anilines is 1. The molecule has 0 radical (unpaired) electrons. The lowest BCUT2D eigenvalue weighted by Crippen LogP contribution is -2.50. The van der Waals surface area contributed by atoms with E-state index in [2.05, 4.69) is 10.2 Å². The highest BCUT2D eigenvalue weighted by atomic mass is 16.5. The zero-order chi connectivity index (χ0) is 23.1. The van der Waals surface area contributed by atoms with Gasteiger partial charge < -0.3 is 19.7 Å². The summed E-state index contributed by atoms with van der Waals surface area (Å²) in [5.74, 6) is 1.25. The highest BCUT2D eigenvalue weighted by Gasteiger charge is 2.21. The Kier molecular flexibility index (Phi) is 7.89. The number of hydrogen-bond acceptors (Lipinski definition) is 5. The van der Waals surface area contributed by atoms with Gasteiger partial charge in [0, 0.05) is 49.6 Å². The predicted molar refractivity (Wildman–Crippen MR) is 126 cm³/mol. The molecule has 0 bridgehead atoms. The Labute approximate surface area is 189 Å². The molecule has 1 aliphatic heterocycles. The fourth-order valence-electron chi connectivity index (χ4n) is 3.63. The van der Waals surface area contributed by atoms with Crippen LogP contribution in [-0.2, 0) is 9.59 Å². The molecule has 1 saturated heterocycles. The molecule has 0 unspecified atom stereocenters. The molecular weight excluding hydrogens is 406 g/mol. The summed E-state index contributed by atoms with van der Waals surface area (Å²) in [4.78, 5) is 28.9. The van der Waals surface area contributed by atoms with Crippen LogP contribution in [-0.4, -0.2) is 68.6 Å². The van der Waals surface area contributed by atoms with Crippen molar-refractivity contribution in [2.75, 3.05) is 52.3 Å². The number of nitrogens with zero attached hydrogens (tertiary/aromatic N) is 2. The first-order valence-corrected chi connectivity index (χ1v) is 10.7. The van der Waals surface area contributed by atoms with E-state index in [0.29, 0.717) is 44.2 Å². The maximum Gasteiger partial charge on any atom is 0.246 e. The molecule has 0 spiro atoms. The summed E-state index contributed by atoms with van der Waals surface area (Å²) >= 11 is 0. The molecule has 0 saturated carbocycles. The third kappa shape index (κ3) is 5.88. The monoisotopic (exact) mass is 437 g/mol. The van der Waals surface area contributed by atoms with Crippen LogP contribution in [0.5, 0.6) is 11.5 Å². The summed E-state index contributed by atoms with van der Waals surface area (Å²) in [6.07, 6.45) is 3.32. The van der Waals surface area contributed by atoms with E-state index in [-0.39, 0.29) is 11.8 Å². The quantitative estimate of drug-likeness (QED) is 0.674. The van der Waals surface area contributed by atoms with Crippen molar-refractivity contribution in [3.63, 3.8) is 0 Å². The second-order valence-corrected chi connectivity index (χ2v) is 7.84. The average molecular weight is 438 g/mol. The van der Waals surface area contributed by atoms with E-state index in [1.54, 1.807) is 37.3 Å². The van der Waals surface area contributed by atoms with Crippen LogP contribution in [0.3, 0.4) is 0 Å². The number of aryl methyl sites for hydroxylation is 1. The van der Waals surface area contributed by atoms with Crippen LogP contribution in [0.1, 0.15) is 16.7 Å². The molecule has 1 aliphatic rings. The molecule has 0 aromatic heterocycles. The van der Waals surface area contributed by atoms with Gasteiger partial charge in [0.1, 0.15) is 11.5 Å². The second kappa shape index (κ2) is 10.8. The Morgan fingerprint density at radius 1 is 1.03 bits per heavy atom. The van der Waals surface area contributed by atoms with Crippen LogP contribution < -0.4 is 14.8 Å². The van der Waals surface area contributed by atoms with Gasteiger partial charge in [-0.3, -0.25) is 14.5 Å². The van der Waals surface area contributed by atoms with Crippen LogP contribution in [0.15, 0.2) is 42.5 Å². The highest BCUT2D eigenvalue weighted by molar-refractivity contribution is 5.93. The summed E-state index contributed by atoms with van der Waals surface area (Å²) in [6.45, 7) is 6.83. The Bertz CT molecular complexity index is 995. The first kappa shape index (κ1) is 23.3. The van der Waals surface area contributed by atoms with Gasteiger partial charge >= 0.3 is 0 Å². The molecule has 7 heteroatoms. The average Bonchev–Trinajstić information content (AvgIpc) is 2.80. The van der Waals surface area contributed by atoms with Crippen LogP contribution in [0.4, 0.5) is 5.69 Å². The van der Waals surface area contributed by atoms with Crippen molar-refractivity contribution in [3.05, 3.63) is 59.2 Å². The molecule has 7 nitrogen and oxygen atoms in total. The summed E-state index contributed by atoms with van der Waals surface area (Å²) in [5, 5.41) is 3.00. The number of methoxy groups -OCH3 is 2. The van der Waals surface area contributed by atoms with Gasteiger partial charge in [0.15, 0.2) is 0 Å². The molecule has 0 atom stereocenters. The fourth-order valence-corrected chi connectivity index (χ4v) is 3.63. The lowest BCUT2D eigenvalue weighted by Gasteiger charge is -2.33. The number of rotatable bonds is 7. The fraction of sp³-hybridized carbons (Fsp3) is 0.360. The second-order valence-electron chi connectivity index (χ2n) is 7.84. The van der Waals surface area contributed by atoms with Crippen LogP contribution >= 0.6 is 0 Å². The van der Waals surface area contributed by atoms with Crippen molar-refractivity contribution in [3.8, 4) is 11.5 Å². The van der Waals surface area contributed by atoms with Gasteiger partial charge in [-0.25, -0.2) is 0 Å². The molecule has 2 amide bonds. The molecule has 0 aliphatic carbocycles. The van der Waals surface area contributed by atoms with E-state index in [1.165, 1.54) is 0 Å². The number of nitrogens with one attached hydrogen (secondary N) is 1. The number of carbonyl (C=O) groups is 2. The van der Waals surface area contributed by atoms with E-state index in [9.17, 15) is 9.59 Å². The molecule has 1 N–H and O–H groups in total. The maximum absolute atomic E-state index is 12.6. The maximum atomic E-state index is 12.6. The van der Waals surface area contributed by atoms with Crippen molar-refractivity contribution < 1.29 is 19.1 Å². The standard InChI is InChI=1S/C25H31N3O4/c1-18-6-5-7-22(19(18)2)26-24(29)17-27-12-14-28(15-13-27)25(30)11-9-20-8-10-21(31-3)16-23(20)32-4/h5-11,16H,12-15,17H2,1-4H3,(H,26,29). The van der Waals surface area contributed by atoms with Gasteiger partial charge in [-0.1, -0.05) is 12.1 Å². The Morgan fingerprint density at radius 2 is 1.78 bits per heavy atom. The normalized spacial score (nSPS) is 14.4. The first-order chi connectivity index (χ1) is 15.4. The predicted octanol–water partition coefficient (Wildman–Crippen LogP) is 3.12. The number of hydrogen-bond donors (Lipinski definition) is 1. The van der Waals surface area contributed by atoms with Gasteiger partial charge in [-0.05, 0) is 49.2 Å². The van der Waals surface area contributed by atoms with Gasteiger partial charge in [0.05, 0.1) is 20.8 Å². The molecule has 2 aromatic carbocycles. The molecule has 1 heterocycles. The Morgan fingerprint density at radius 3 is 2.47 bits per heavy atom. The van der Waals surface area contributed by atoms with E-state index in [4.69, 9.17) is 9.47 Å². The van der Waals surface area contributed by atoms with E-state index in [0.717, 1.165) is 22.4 Å². The molecule has 3 rings (SSSR count). The number of amides is 2. The summed E-state index contributed by atoms with van der Waals surface area (Å²) in [5.41, 5.74) is 3.89. The third-order valence-electron chi connectivity index (χ3n) is 5.78. The largest absolute Gasteiger partial charge is 0.497 e. The number of benzene rings is 2. The lowest BCUT2D eigenvalue weighted by molar-refractivity contribution is -0.127. The summed E-state index contributed by atoms with van der Waals surface area (Å²) in [7, 11) is 3.18. The smallest absolute Gasteiger partial charge is 0.246 e. The van der Waals surface area contributed by atoms with Crippen molar-refractivity contribution in [2.45, 2.75) is 13.8 Å².